The van der Waals surface area contributed by atoms with Crippen molar-refractivity contribution >= 4 is 34.0 Å². The summed E-state index contributed by atoms with van der Waals surface area (Å²) in [5.41, 5.74) is 7.58. The molecule has 0 spiro atoms. The number of aryl methyl sites for hydroxylation is 1. The van der Waals surface area contributed by atoms with Gasteiger partial charge in [0.2, 0.25) is 11.8 Å². The van der Waals surface area contributed by atoms with Crippen molar-refractivity contribution in [3.8, 4) is 0 Å². The lowest BCUT2D eigenvalue weighted by Gasteiger charge is -2.19. The van der Waals surface area contributed by atoms with Crippen LogP contribution >= 0.6 is 0 Å². The highest BCUT2D eigenvalue weighted by Gasteiger charge is 2.15. The second-order valence-electron chi connectivity index (χ2n) is 8.07. The fourth-order valence-corrected chi connectivity index (χ4v) is 4.18. The molecule has 5 heteroatoms. The van der Waals surface area contributed by atoms with Crippen LogP contribution < -0.4 is 10.7 Å². The molecule has 0 saturated carbocycles. The Balaban J connectivity index is 1.33. The van der Waals surface area contributed by atoms with Gasteiger partial charge in [-0.1, -0.05) is 54.6 Å². The van der Waals surface area contributed by atoms with Crippen molar-refractivity contribution in [3.05, 3.63) is 77.4 Å². The monoisotopic (exact) mass is 413 g/mol. The highest BCUT2D eigenvalue weighted by molar-refractivity contribution is 6.06. The Labute approximate surface area is 182 Å². The molecule has 0 radical (unpaired) electrons. The molecule has 0 unspecified atom stereocenters. The molecular formula is C26H27N3O2. The van der Waals surface area contributed by atoms with Gasteiger partial charge in [0.05, 0.1) is 12.8 Å². The standard InChI is InChI=1S/C26H27N3O2/c1-18(16-25(30)27-24-15-7-11-20-9-3-5-14-23(20)24)28-29-26(31)17-21-12-6-10-19-8-2-4-13-22(19)21/h2,4,6-8,10-13,15H,3,5,9,14,16-17H2,1H3,(H,27,30)(H,29,31)/b28-18-. The van der Waals surface area contributed by atoms with Gasteiger partial charge in [-0.05, 0) is 66.1 Å². The number of carbonyl (C=O) groups is 2. The molecule has 0 heterocycles. The minimum atomic E-state index is -0.201. The summed E-state index contributed by atoms with van der Waals surface area (Å²) >= 11 is 0. The number of hydrogen-bond acceptors (Lipinski definition) is 3. The first-order valence-electron chi connectivity index (χ1n) is 10.8. The van der Waals surface area contributed by atoms with Gasteiger partial charge in [0.15, 0.2) is 0 Å². The molecule has 1 aliphatic carbocycles. The average molecular weight is 414 g/mol. The van der Waals surface area contributed by atoms with E-state index in [1.54, 1.807) is 6.92 Å². The maximum absolute atomic E-state index is 12.5. The van der Waals surface area contributed by atoms with Gasteiger partial charge in [-0.15, -0.1) is 0 Å². The number of nitrogens with one attached hydrogen (secondary N) is 2. The van der Waals surface area contributed by atoms with E-state index in [1.165, 1.54) is 17.5 Å². The van der Waals surface area contributed by atoms with Crippen LogP contribution in [0.25, 0.3) is 10.8 Å². The predicted molar refractivity (Wildman–Crippen MR) is 125 cm³/mol. The normalized spacial score (nSPS) is 13.5. The summed E-state index contributed by atoms with van der Waals surface area (Å²) < 4.78 is 0. The summed E-state index contributed by atoms with van der Waals surface area (Å²) in [7, 11) is 0. The predicted octanol–water partition coefficient (Wildman–Crippen LogP) is 4.78. The Morgan fingerprint density at radius 2 is 1.68 bits per heavy atom. The second-order valence-corrected chi connectivity index (χ2v) is 8.07. The topological polar surface area (TPSA) is 70.6 Å². The fraction of sp³-hybridized carbons (Fsp3) is 0.269. The molecular weight excluding hydrogens is 386 g/mol. The molecule has 5 nitrogen and oxygen atoms in total. The largest absolute Gasteiger partial charge is 0.325 e. The zero-order chi connectivity index (χ0) is 21.6. The molecule has 0 bridgehead atoms. The number of rotatable bonds is 6. The van der Waals surface area contributed by atoms with Gasteiger partial charge >= 0.3 is 0 Å². The van der Waals surface area contributed by atoms with E-state index >= 15 is 0 Å². The van der Waals surface area contributed by atoms with Gasteiger partial charge < -0.3 is 5.32 Å². The van der Waals surface area contributed by atoms with Gasteiger partial charge in [-0.25, -0.2) is 5.43 Å². The number of carbonyl (C=O) groups excluding carboxylic acids is 2. The van der Waals surface area contributed by atoms with Crippen LogP contribution in [0, 0.1) is 0 Å². The summed E-state index contributed by atoms with van der Waals surface area (Å²) in [4.78, 5) is 24.9. The number of fused-ring (bicyclic) bond motifs is 2. The highest BCUT2D eigenvalue weighted by atomic mass is 16.2. The maximum Gasteiger partial charge on any atom is 0.244 e. The smallest absolute Gasteiger partial charge is 0.244 e. The first kappa shape index (κ1) is 20.8. The molecule has 0 aliphatic heterocycles. The van der Waals surface area contributed by atoms with E-state index in [1.807, 2.05) is 54.6 Å². The van der Waals surface area contributed by atoms with Crippen molar-refractivity contribution in [2.45, 2.75) is 45.4 Å². The molecule has 0 fully saturated rings. The number of benzene rings is 3. The molecule has 2 amide bonds. The third kappa shape index (κ3) is 5.18. The number of anilines is 1. The highest BCUT2D eigenvalue weighted by Crippen LogP contribution is 2.28. The van der Waals surface area contributed by atoms with E-state index in [0.29, 0.717) is 5.71 Å². The quantitative estimate of drug-likeness (QED) is 0.451. The van der Waals surface area contributed by atoms with Gasteiger partial charge in [0.25, 0.3) is 0 Å². The van der Waals surface area contributed by atoms with Crippen LogP contribution in [-0.4, -0.2) is 17.5 Å². The average Bonchev–Trinajstić information content (AvgIpc) is 2.78. The van der Waals surface area contributed by atoms with Crippen LogP contribution in [0.4, 0.5) is 5.69 Å². The van der Waals surface area contributed by atoms with E-state index in [0.717, 1.165) is 41.3 Å². The molecule has 0 saturated heterocycles. The molecule has 0 aromatic heterocycles. The first-order chi connectivity index (χ1) is 15.1. The molecule has 3 aromatic rings. The second kappa shape index (κ2) is 9.56. The first-order valence-corrected chi connectivity index (χ1v) is 10.8. The van der Waals surface area contributed by atoms with Gasteiger partial charge in [-0.2, -0.15) is 5.10 Å². The minimum Gasteiger partial charge on any atom is -0.325 e. The molecule has 31 heavy (non-hydrogen) atoms. The molecule has 3 aromatic carbocycles. The van der Waals surface area contributed by atoms with Crippen molar-refractivity contribution in [1.82, 2.24) is 5.43 Å². The van der Waals surface area contributed by atoms with Crippen molar-refractivity contribution in [1.29, 1.82) is 0 Å². The van der Waals surface area contributed by atoms with Crippen molar-refractivity contribution in [2.75, 3.05) is 5.32 Å². The number of nitrogens with zero attached hydrogens (tertiary/aromatic N) is 1. The SMILES string of the molecule is C/C(CC(=O)Nc1cccc2c1CCCC2)=N/NC(=O)Cc1cccc2ccccc12. The van der Waals surface area contributed by atoms with Crippen molar-refractivity contribution < 1.29 is 9.59 Å². The third-order valence-electron chi connectivity index (χ3n) is 5.69. The van der Waals surface area contributed by atoms with Crippen LogP contribution in [0.5, 0.6) is 0 Å². The number of hydrogen-bond donors (Lipinski definition) is 2. The van der Waals surface area contributed by atoms with E-state index in [-0.39, 0.29) is 24.7 Å². The Bertz CT molecular complexity index is 1150. The lowest BCUT2D eigenvalue weighted by Crippen LogP contribution is -2.23. The lowest BCUT2D eigenvalue weighted by atomic mass is 9.90. The number of hydrazone groups is 1. The summed E-state index contributed by atoms with van der Waals surface area (Å²) in [5.74, 6) is -0.322. The third-order valence-corrected chi connectivity index (χ3v) is 5.69. The maximum atomic E-state index is 12.5. The minimum absolute atomic E-state index is 0.122. The number of amides is 2. The molecule has 0 atom stereocenters. The summed E-state index contributed by atoms with van der Waals surface area (Å²) in [6.45, 7) is 1.75. The van der Waals surface area contributed by atoms with Crippen LogP contribution in [0.15, 0.2) is 65.8 Å². The lowest BCUT2D eigenvalue weighted by molar-refractivity contribution is -0.120. The summed E-state index contributed by atoms with van der Waals surface area (Å²) in [5, 5.41) is 9.31. The van der Waals surface area contributed by atoms with Gasteiger partial charge in [0, 0.05) is 11.4 Å². The van der Waals surface area contributed by atoms with Crippen molar-refractivity contribution in [3.63, 3.8) is 0 Å². The molecule has 158 valence electrons. The zero-order valence-electron chi connectivity index (χ0n) is 17.8. The van der Waals surface area contributed by atoms with Crippen molar-refractivity contribution in [2.24, 2.45) is 5.10 Å². The van der Waals surface area contributed by atoms with Gasteiger partial charge in [-0.3, -0.25) is 9.59 Å². The van der Waals surface area contributed by atoms with Crippen LogP contribution in [0.2, 0.25) is 0 Å². The van der Waals surface area contributed by atoms with Gasteiger partial charge in [0.1, 0.15) is 0 Å². The summed E-state index contributed by atoms with van der Waals surface area (Å²) in [6, 6.07) is 20.0. The van der Waals surface area contributed by atoms with E-state index in [2.05, 4.69) is 21.9 Å². The Morgan fingerprint density at radius 1 is 0.903 bits per heavy atom. The Kier molecular flexibility index (Phi) is 6.41. The molecule has 2 N–H and O–H groups in total. The van der Waals surface area contributed by atoms with Crippen LogP contribution in [0.1, 0.15) is 42.9 Å². The van der Waals surface area contributed by atoms with E-state index < -0.39 is 0 Å². The van der Waals surface area contributed by atoms with E-state index in [9.17, 15) is 9.59 Å². The molecule has 4 rings (SSSR count). The van der Waals surface area contributed by atoms with Crippen LogP contribution in [-0.2, 0) is 28.9 Å². The van der Waals surface area contributed by atoms with E-state index in [4.69, 9.17) is 0 Å². The molecule has 1 aliphatic rings. The van der Waals surface area contributed by atoms with Crippen LogP contribution in [0.3, 0.4) is 0 Å². The Morgan fingerprint density at radius 3 is 2.58 bits per heavy atom. The Hall–Kier alpha value is -3.47. The fourth-order valence-electron chi connectivity index (χ4n) is 4.18. The summed E-state index contributed by atoms with van der Waals surface area (Å²) in [6.07, 6.45) is 4.81. The zero-order valence-corrected chi connectivity index (χ0v) is 17.8.